The molecule has 2 aromatic rings. The van der Waals surface area contributed by atoms with Gasteiger partial charge in [-0.05, 0) is 55.4 Å². The molecule has 1 saturated carbocycles. The Bertz CT molecular complexity index is 789. The summed E-state index contributed by atoms with van der Waals surface area (Å²) in [5, 5.41) is 3.10. The zero-order valence-corrected chi connectivity index (χ0v) is 15.7. The molecule has 5 nitrogen and oxygen atoms in total. The molecule has 1 aliphatic heterocycles. The molecule has 2 aliphatic rings. The number of amides is 2. The molecule has 1 fully saturated rings. The molecule has 1 aliphatic carbocycles. The van der Waals surface area contributed by atoms with E-state index in [1.54, 1.807) is 0 Å². The van der Waals surface area contributed by atoms with Crippen molar-refractivity contribution in [2.75, 3.05) is 19.9 Å². The van der Waals surface area contributed by atoms with E-state index in [1.165, 1.54) is 18.4 Å². The van der Waals surface area contributed by atoms with E-state index in [4.69, 9.17) is 9.47 Å². The Labute approximate surface area is 160 Å². The SMILES string of the molecule is CC(c1ccccc1)N(CC1CC1)C(=O)NCCc1ccc2c(c1)OCO2. The maximum atomic E-state index is 12.9. The third-order valence-electron chi connectivity index (χ3n) is 5.29. The molecule has 4 rings (SSSR count). The van der Waals surface area contributed by atoms with Gasteiger partial charge in [0.25, 0.3) is 0 Å². The van der Waals surface area contributed by atoms with Crippen LogP contribution >= 0.6 is 0 Å². The molecule has 0 bridgehead atoms. The summed E-state index contributed by atoms with van der Waals surface area (Å²) in [6, 6.07) is 16.3. The van der Waals surface area contributed by atoms with Gasteiger partial charge in [0, 0.05) is 13.1 Å². The van der Waals surface area contributed by atoms with Crippen LogP contribution in [-0.4, -0.2) is 30.8 Å². The number of carbonyl (C=O) groups excluding carboxylic acids is 1. The molecule has 1 N–H and O–H groups in total. The highest BCUT2D eigenvalue weighted by atomic mass is 16.7. The van der Waals surface area contributed by atoms with Crippen LogP contribution in [0.25, 0.3) is 0 Å². The van der Waals surface area contributed by atoms with Gasteiger partial charge in [-0.1, -0.05) is 36.4 Å². The summed E-state index contributed by atoms with van der Waals surface area (Å²) in [5.74, 6) is 2.22. The Morgan fingerprint density at radius 1 is 1.15 bits per heavy atom. The standard InChI is InChI=1S/C22H26N2O3/c1-16(19-5-3-2-4-6-19)24(14-18-7-8-18)22(25)23-12-11-17-9-10-20-21(13-17)27-15-26-20/h2-6,9-10,13,16,18H,7-8,11-12,14-15H2,1H3,(H,23,25). The highest BCUT2D eigenvalue weighted by Crippen LogP contribution is 2.33. The Kier molecular flexibility index (Phi) is 5.19. The maximum Gasteiger partial charge on any atom is 0.317 e. The van der Waals surface area contributed by atoms with Crippen molar-refractivity contribution in [1.29, 1.82) is 0 Å². The van der Waals surface area contributed by atoms with Crippen LogP contribution in [0.5, 0.6) is 11.5 Å². The van der Waals surface area contributed by atoms with Gasteiger partial charge in [-0.15, -0.1) is 0 Å². The second-order valence-electron chi connectivity index (χ2n) is 7.35. The van der Waals surface area contributed by atoms with Crippen LogP contribution in [0.4, 0.5) is 4.79 Å². The van der Waals surface area contributed by atoms with Crippen molar-refractivity contribution in [3.63, 3.8) is 0 Å². The monoisotopic (exact) mass is 366 g/mol. The lowest BCUT2D eigenvalue weighted by Crippen LogP contribution is -2.43. The normalized spacial score (nSPS) is 16.0. The van der Waals surface area contributed by atoms with Crippen molar-refractivity contribution in [2.24, 2.45) is 5.92 Å². The van der Waals surface area contributed by atoms with Gasteiger partial charge in [-0.3, -0.25) is 0 Å². The van der Waals surface area contributed by atoms with Gasteiger partial charge >= 0.3 is 6.03 Å². The van der Waals surface area contributed by atoms with Crippen molar-refractivity contribution >= 4 is 6.03 Å². The molecule has 1 heterocycles. The first-order valence-corrected chi connectivity index (χ1v) is 9.68. The first kappa shape index (κ1) is 17.7. The number of ether oxygens (including phenoxy) is 2. The summed E-state index contributed by atoms with van der Waals surface area (Å²) < 4.78 is 10.8. The predicted molar refractivity (Wildman–Crippen MR) is 104 cm³/mol. The molecule has 1 atom stereocenters. The van der Waals surface area contributed by atoms with Crippen molar-refractivity contribution in [3.8, 4) is 11.5 Å². The van der Waals surface area contributed by atoms with Crippen LogP contribution in [0.3, 0.4) is 0 Å². The van der Waals surface area contributed by atoms with Gasteiger partial charge in [-0.2, -0.15) is 0 Å². The number of nitrogens with zero attached hydrogens (tertiary/aromatic N) is 1. The lowest BCUT2D eigenvalue weighted by molar-refractivity contribution is 0.174. The highest BCUT2D eigenvalue weighted by Gasteiger charge is 2.30. The Balaban J connectivity index is 1.35. The zero-order valence-electron chi connectivity index (χ0n) is 15.7. The zero-order chi connectivity index (χ0) is 18.6. The lowest BCUT2D eigenvalue weighted by atomic mass is 10.1. The quantitative estimate of drug-likeness (QED) is 0.801. The number of urea groups is 1. The van der Waals surface area contributed by atoms with Crippen molar-refractivity contribution in [3.05, 3.63) is 59.7 Å². The first-order chi connectivity index (χ1) is 13.2. The van der Waals surface area contributed by atoms with E-state index >= 15 is 0 Å². The van der Waals surface area contributed by atoms with E-state index in [1.807, 2.05) is 41.3 Å². The van der Waals surface area contributed by atoms with Crippen LogP contribution in [-0.2, 0) is 6.42 Å². The van der Waals surface area contributed by atoms with E-state index in [0.29, 0.717) is 12.5 Å². The van der Waals surface area contributed by atoms with E-state index in [2.05, 4.69) is 24.4 Å². The molecule has 0 radical (unpaired) electrons. The summed E-state index contributed by atoms with van der Waals surface area (Å²) in [5.41, 5.74) is 2.30. The molecule has 0 saturated heterocycles. The minimum atomic E-state index is 0.0130. The first-order valence-electron chi connectivity index (χ1n) is 9.68. The van der Waals surface area contributed by atoms with E-state index in [-0.39, 0.29) is 18.9 Å². The average Bonchev–Trinajstić information content (AvgIpc) is 3.40. The largest absolute Gasteiger partial charge is 0.454 e. The van der Waals surface area contributed by atoms with Crippen molar-refractivity contribution in [2.45, 2.75) is 32.2 Å². The fourth-order valence-electron chi connectivity index (χ4n) is 3.42. The number of hydrogen-bond acceptors (Lipinski definition) is 3. The van der Waals surface area contributed by atoms with Crippen LogP contribution < -0.4 is 14.8 Å². The van der Waals surface area contributed by atoms with Gasteiger partial charge in [-0.25, -0.2) is 4.79 Å². The minimum Gasteiger partial charge on any atom is -0.454 e. The van der Waals surface area contributed by atoms with Gasteiger partial charge in [0.15, 0.2) is 11.5 Å². The topological polar surface area (TPSA) is 50.8 Å². The molecule has 5 heteroatoms. The second kappa shape index (κ2) is 7.91. The van der Waals surface area contributed by atoms with Gasteiger partial charge in [0.1, 0.15) is 0 Å². The molecule has 1 unspecified atom stereocenters. The number of fused-ring (bicyclic) bond motifs is 1. The van der Waals surface area contributed by atoms with Crippen LogP contribution in [0.1, 0.15) is 36.9 Å². The maximum absolute atomic E-state index is 12.9. The molecule has 0 spiro atoms. The summed E-state index contributed by atoms with van der Waals surface area (Å²) in [6.45, 7) is 3.81. The number of carbonyl (C=O) groups is 1. The van der Waals surface area contributed by atoms with Crippen LogP contribution in [0.2, 0.25) is 0 Å². The number of benzene rings is 2. The molecule has 0 aromatic heterocycles. The summed E-state index contributed by atoms with van der Waals surface area (Å²) in [7, 11) is 0. The molecular formula is C22H26N2O3. The third-order valence-corrected chi connectivity index (χ3v) is 5.29. The molecule has 2 amide bonds. The van der Waals surface area contributed by atoms with Crippen molar-refractivity contribution in [1.82, 2.24) is 10.2 Å². The predicted octanol–water partition coefficient (Wildman–Crippen LogP) is 4.14. The fraction of sp³-hybridized carbons (Fsp3) is 0.409. The van der Waals surface area contributed by atoms with Crippen LogP contribution in [0.15, 0.2) is 48.5 Å². The van der Waals surface area contributed by atoms with E-state index in [0.717, 1.165) is 30.0 Å². The smallest absolute Gasteiger partial charge is 0.317 e. The second-order valence-corrected chi connectivity index (χ2v) is 7.35. The highest BCUT2D eigenvalue weighted by molar-refractivity contribution is 5.74. The number of nitrogens with one attached hydrogen (secondary N) is 1. The molecule has 142 valence electrons. The third kappa shape index (κ3) is 4.35. The van der Waals surface area contributed by atoms with E-state index in [9.17, 15) is 4.79 Å². The summed E-state index contributed by atoms with van der Waals surface area (Å²) in [6.07, 6.45) is 3.21. The van der Waals surface area contributed by atoms with Crippen LogP contribution in [0, 0.1) is 5.92 Å². The Morgan fingerprint density at radius 3 is 2.70 bits per heavy atom. The molecule has 2 aromatic carbocycles. The fourth-order valence-corrected chi connectivity index (χ4v) is 3.42. The van der Waals surface area contributed by atoms with Gasteiger partial charge in [0.2, 0.25) is 6.79 Å². The van der Waals surface area contributed by atoms with Gasteiger partial charge in [0.05, 0.1) is 6.04 Å². The Morgan fingerprint density at radius 2 is 1.93 bits per heavy atom. The van der Waals surface area contributed by atoms with Gasteiger partial charge < -0.3 is 19.7 Å². The molecule has 27 heavy (non-hydrogen) atoms. The average molecular weight is 366 g/mol. The van der Waals surface area contributed by atoms with E-state index < -0.39 is 0 Å². The number of hydrogen-bond donors (Lipinski definition) is 1. The molecular weight excluding hydrogens is 340 g/mol. The van der Waals surface area contributed by atoms with Crippen molar-refractivity contribution < 1.29 is 14.3 Å². The minimum absolute atomic E-state index is 0.0130. The summed E-state index contributed by atoms with van der Waals surface area (Å²) >= 11 is 0. The summed E-state index contributed by atoms with van der Waals surface area (Å²) in [4.78, 5) is 14.8. The Hall–Kier alpha value is -2.69. The number of rotatable bonds is 7. The lowest BCUT2D eigenvalue weighted by Gasteiger charge is -2.30.